The van der Waals surface area contributed by atoms with E-state index < -0.39 is 0 Å². The number of hydrogen-bond donors (Lipinski definition) is 0. The molecule has 2 heterocycles. The molecule has 0 saturated heterocycles. The quantitative estimate of drug-likeness (QED) is 0.193. The summed E-state index contributed by atoms with van der Waals surface area (Å²) in [6.07, 6.45) is 5.41. The SMILES string of the molecule is c1ccc(-c2c(-c3ccccc3)c3nccnc3c3cnc(-c4cccc5cc(-c6cccc7ccccc67)ccc45)nc23)cc1. The molecule has 0 bridgehead atoms. The van der Waals surface area contributed by atoms with Crippen LogP contribution in [0.4, 0.5) is 0 Å². The van der Waals surface area contributed by atoms with Crippen LogP contribution in [0, 0.1) is 0 Å². The molecule has 0 aliphatic rings. The van der Waals surface area contributed by atoms with Crippen LogP contribution in [0.5, 0.6) is 0 Å². The summed E-state index contributed by atoms with van der Waals surface area (Å²) >= 11 is 0. The molecule has 0 amide bonds. The Morgan fingerprint density at radius 3 is 1.76 bits per heavy atom. The lowest BCUT2D eigenvalue weighted by Gasteiger charge is -2.17. The van der Waals surface area contributed by atoms with Crippen molar-refractivity contribution in [3.63, 3.8) is 0 Å². The van der Waals surface area contributed by atoms with Crippen molar-refractivity contribution in [2.45, 2.75) is 0 Å². The molecule has 0 saturated carbocycles. The zero-order valence-electron chi connectivity index (χ0n) is 24.8. The third kappa shape index (κ3) is 4.23. The smallest absolute Gasteiger partial charge is 0.160 e. The average Bonchev–Trinajstić information content (AvgIpc) is 3.14. The van der Waals surface area contributed by atoms with Gasteiger partial charge in [0.15, 0.2) is 5.82 Å². The fourth-order valence-corrected chi connectivity index (χ4v) is 6.73. The normalized spacial score (nSPS) is 11.5. The lowest BCUT2D eigenvalue weighted by Crippen LogP contribution is -1.99. The third-order valence-electron chi connectivity index (χ3n) is 8.81. The van der Waals surface area contributed by atoms with Gasteiger partial charge in [-0.15, -0.1) is 0 Å². The van der Waals surface area contributed by atoms with Gasteiger partial charge < -0.3 is 0 Å². The molecule has 0 fully saturated rings. The summed E-state index contributed by atoms with van der Waals surface area (Å²) in [5, 5.41) is 5.61. The van der Waals surface area contributed by atoms with E-state index in [9.17, 15) is 0 Å². The van der Waals surface area contributed by atoms with Crippen LogP contribution in [0.2, 0.25) is 0 Å². The first-order valence-corrected chi connectivity index (χ1v) is 15.4. The van der Waals surface area contributed by atoms with E-state index in [1.165, 1.54) is 21.9 Å². The maximum atomic E-state index is 5.35. The van der Waals surface area contributed by atoms with Gasteiger partial charge in [0.2, 0.25) is 0 Å². The van der Waals surface area contributed by atoms with Crippen LogP contribution in [-0.2, 0) is 0 Å². The highest BCUT2D eigenvalue weighted by Crippen LogP contribution is 2.43. The Balaban J connectivity index is 1.30. The molecular formula is C42H26N4. The van der Waals surface area contributed by atoms with Crippen molar-refractivity contribution in [1.82, 2.24) is 19.9 Å². The minimum atomic E-state index is 0.676. The average molecular weight is 587 g/mol. The van der Waals surface area contributed by atoms with Crippen molar-refractivity contribution in [1.29, 1.82) is 0 Å². The van der Waals surface area contributed by atoms with Gasteiger partial charge in [-0.2, -0.15) is 0 Å². The zero-order valence-corrected chi connectivity index (χ0v) is 24.8. The molecule has 4 heteroatoms. The largest absolute Gasteiger partial charge is 0.252 e. The first-order valence-electron chi connectivity index (χ1n) is 15.4. The summed E-state index contributed by atoms with van der Waals surface area (Å²) in [6.45, 7) is 0. The van der Waals surface area contributed by atoms with Gasteiger partial charge in [-0.05, 0) is 49.9 Å². The number of rotatable bonds is 4. The van der Waals surface area contributed by atoms with Crippen molar-refractivity contribution < 1.29 is 0 Å². The third-order valence-corrected chi connectivity index (χ3v) is 8.81. The molecule has 0 N–H and O–H groups in total. The van der Waals surface area contributed by atoms with Crippen molar-refractivity contribution in [2.75, 3.05) is 0 Å². The molecule has 4 nitrogen and oxygen atoms in total. The summed E-state index contributed by atoms with van der Waals surface area (Å²) in [6, 6.07) is 48.9. The van der Waals surface area contributed by atoms with Crippen molar-refractivity contribution in [3.8, 4) is 44.8 Å². The van der Waals surface area contributed by atoms with E-state index in [0.717, 1.165) is 60.5 Å². The van der Waals surface area contributed by atoms with Gasteiger partial charge >= 0.3 is 0 Å². The van der Waals surface area contributed by atoms with Gasteiger partial charge in [-0.1, -0.05) is 133 Å². The number of benzene rings is 7. The van der Waals surface area contributed by atoms with Gasteiger partial charge in [-0.25, -0.2) is 9.97 Å². The molecule has 2 aromatic heterocycles. The summed E-state index contributed by atoms with van der Waals surface area (Å²) in [5.41, 5.74) is 10.1. The van der Waals surface area contributed by atoms with E-state index in [2.05, 4.69) is 127 Å². The van der Waals surface area contributed by atoms with Crippen LogP contribution in [0.3, 0.4) is 0 Å². The predicted molar refractivity (Wildman–Crippen MR) is 189 cm³/mol. The second-order valence-corrected chi connectivity index (χ2v) is 11.5. The second kappa shape index (κ2) is 10.7. The summed E-state index contributed by atoms with van der Waals surface area (Å²) < 4.78 is 0. The number of hydrogen-bond acceptors (Lipinski definition) is 4. The van der Waals surface area contributed by atoms with Crippen LogP contribution in [0.1, 0.15) is 0 Å². The maximum Gasteiger partial charge on any atom is 0.160 e. The molecular weight excluding hydrogens is 560 g/mol. The molecule has 214 valence electrons. The molecule has 9 rings (SSSR count). The van der Waals surface area contributed by atoms with Crippen LogP contribution in [0.25, 0.3) is 88.2 Å². The Bertz CT molecular complexity index is 2570. The number of aromatic nitrogens is 4. The van der Waals surface area contributed by atoms with Crippen LogP contribution < -0.4 is 0 Å². The lowest BCUT2D eigenvalue weighted by atomic mass is 9.90. The molecule has 7 aromatic carbocycles. The minimum absolute atomic E-state index is 0.676. The van der Waals surface area contributed by atoms with Gasteiger partial charge in [0, 0.05) is 40.7 Å². The molecule has 0 spiro atoms. The van der Waals surface area contributed by atoms with Crippen LogP contribution in [0.15, 0.2) is 158 Å². The van der Waals surface area contributed by atoms with E-state index in [1.54, 1.807) is 12.4 Å². The zero-order chi connectivity index (χ0) is 30.5. The molecule has 0 atom stereocenters. The fourth-order valence-electron chi connectivity index (χ4n) is 6.73. The van der Waals surface area contributed by atoms with E-state index in [1.807, 2.05) is 18.3 Å². The lowest BCUT2D eigenvalue weighted by molar-refractivity contribution is 1.23. The Hall–Kier alpha value is -6.26. The summed E-state index contributed by atoms with van der Waals surface area (Å²) in [5.74, 6) is 0.676. The number of nitrogens with zero attached hydrogens (tertiary/aromatic N) is 4. The van der Waals surface area contributed by atoms with Crippen molar-refractivity contribution in [3.05, 3.63) is 158 Å². The van der Waals surface area contributed by atoms with Gasteiger partial charge in [0.25, 0.3) is 0 Å². The highest BCUT2D eigenvalue weighted by molar-refractivity contribution is 6.18. The highest BCUT2D eigenvalue weighted by atomic mass is 14.9. The monoisotopic (exact) mass is 586 g/mol. The molecule has 0 aliphatic carbocycles. The van der Waals surface area contributed by atoms with Gasteiger partial charge in [-0.3, -0.25) is 9.97 Å². The molecule has 0 aliphatic heterocycles. The molecule has 0 unspecified atom stereocenters. The maximum absolute atomic E-state index is 5.35. The van der Waals surface area contributed by atoms with E-state index in [-0.39, 0.29) is 0 Å². The van der Waals surface area contributed by atoms with Crippen molar-refractivity contribution >= 4 is 43.5 Å². The fraction of sp³-hybridized carbons (Fsp3) is 0. The summed E-state index contributed by atoms with van der Waals surface area (Å²) in [7, 11) is 0. The number of fused-ring (bicyclic) bond motifs is 5. The Morgan fingerprint density at radius 2 is 0.978 bits per heavy atom. The Labute approximate surface area is 265 Å². The molecule has 9 aromatic rings. The first-order chi connectivity index (χ1) is 22.8. The first kappa shape index (κ1) is 26.2. The van der Waals surface area contributed by atoms with Crippen molar-refractivity contribution in [2.24, 2.45) is 0 Å². The van der Waals surface area contributed by atoms with Crippen LogP contribution >= 0.6 is 0 Å². The second-order valence-electron chi connectivity index (χ2n) is 11.5. The van der Waals surface area contributed by atoms with E-state index in [0.29, 0.717) is 5.82 Å². The standard InChI is InChI=1S/C42H26N4/c1-3-12-28(13-4-1)37-38(29-14-5-2-6-15-29)41-40(43-23-24-44-41)36-26-45-42(46-39(36)37)35-20-10-17-30-25-31(21-22-34(30)35)33-19-9-16-27-11-7-8-18-32(27)33/h1-26H. The topological polar surface area (TPSA) is 51.6 Å². The van der Waals surface area contributed by atoms with E-state index >= 15 is 0 Å². The van der Waals surface area contributed by atoms with E-state index in [4.69, 9.17) is 19.9 Å². The Kier molecular flexibility index (Phi) is 6.10. The van der Waals surface area contributed by atoms with Gasteiger partial charge in [0.05, 0.1) is 11.0 Å². The summed E-state index contributed by atoms with van der Waals surface area (Å²) in [4.78, 5) is 20.0. The Morgan fingerprint density at radius 1 is 0.370 bits per heavy atom. The van der Waals surface area contributed by atoms with Gasteiger partial charge in [0.1, 0.15) is 5.52 Å². The minimum Gasteiger partial charge on any atom is -0.252 e. The highest BCUT2D eigenvalue weighted by Gasteiger charge is 2.21. The molecule has 0 radical (unpaired) electrons. The predicted octanol–water partition coefficient (Wildman–Crippen LogP) is 10.5. The molecule has 46 heavy (non-hydrogen) atoms. The van der Waals surface area contributed by atoms with Crippen LogP contribution in [-0.4, -0.2) is 19.9 Å².